The quantitative estimate of drug-likeness (QED) is 0.732. The van der Waals surface area contributed by atoms with Gasteiger partial charge in [0, 0.05) is 4.75 Å². The Morgan fingerprint density at radius 3 is 2.33 bits per heavy atom. The van der Waals surface area contributed by atoms with Crippen molar-refractivity contribution >= 4 is 11.8 Å². The Labute approximate surface area is 80.5 Å². The van der Waals surface area contributed by atoms with Gasteiger partial charge in [-0.1, -0.05) is 26.7 Å². The third-order valence-corrected chi connectivity index (χ3v) is 4.18. The van der Waals surface area contributed by atoms with E-state index in [4.69, 9.17) is 5.73 Å². The molecular formula is C10H21NS. The Bertz CT molecular complexity index is 128. The minimum absolute atomic E-state index is 0.558. The van der Waals surface area contributed by atoms with E-state index in [1.54, 1.807) is 0 Å². The van der Waals surface area contributed by atoms with Gasteiger partial charge in [-0.15, -0.1) is 0 Å². The maximum absolute atomic E-state index is 5.66. The van der Waals surface area contributed by atoms with Crippen LogP contribution in [0, 0.1) is 0 Å². The molecule has 12 heavy (non-hydrogen) atoms. The fourth-order valence-electron chi connectivity index (χ4n) is 2.21. The van der Waals surface area contributed by atoms with Crippen LogP contribution in [0.3, 0.4) is 0 Å². The molecule has 0 aliphatic heterocycles. The van der Waals surface area contributed by atoms with Crippen molar-refractivity contribution in [2.45, 2.75) is 55.9 Å². The summed E-state index contributed by atoms with van der Waals surface area (Å²) < 4.78 is 0.558. The van der Waals surface area contributed by atoms with Gasteiger partial charge in [0.15, 0.2) is 0 Å². The van der Waals surface area contributed by atoms with Crippen molar-refractivity contribution in [3.05, 3.63) is 0 Å². The predicted octanol–water partition coefficient (Wildman–Crippen LogP) is 2.79. The van der Waals surface area contributed by atoms with Crippen LogP contribution in [-0.4, -0.2) is 16.5 Å². The molecule has 0 bridgehead atoms. The molecule has 0 unspecified atom stereocenters. The van der Waals surface area contributed by atoms with E-state index in [-0.39, 0.29) is 0 Å². The van der Waals surface area contributed by atoms with E-state index in [2.05, 4.69) is 25.6 Å². The highest BCUT2D eigenvalue weighted by Gasteiger charge is 2.33. The summed E-state index contributed by atoms with van der Waals surface area (Å²) in [7, 11) is 0. The number of rotatable bonds is 4. The molecule has 0 radical (unpaired) electrons. The van der Waals surface area contributed by atoms with Gasteiger partial charge in [-0.3, -0.25) is 0 Å². The van der Waals surface area contributed by atoms with E-state index in [0.717, 1.165) is 11.8 Å². The van der Waals surface area contributed by atoms with Gasteiger partial charge in [0.05, 0.1) is 0 Å². The minimum atomic E-state index is 0.558. The average Bonchev–Trinajstić information content (AvgIpc) is 2.36. The molecular weight excluding hydrogens is 166 g/mol. The maximum atomic E-state index is 5.66. The normalized spacial score (nSPS) is 22.0. The Kier molecular flexibility index (Phi) is 3.91. The molecule has 0 spiro atoms. The van der Waals surface area contributed by atoms with Crippen molar-refractivity contribution < 1.29 is 0 Å². The Hall–Kier alpha value is 0.310. The standard InChI is InChI=1S/C10H21NS/c1-9(2)12-10(7-8-11)5-3-4-6-10/h9H,3-8,11H2,1-2H3. The first-order valence-corrected chi connectivity index (χ1v) is 5.94. The van der Waals surface area contributed by atoms with Gasteiger partial charge >= 0.3 is 0 Å². The molecule has 0 saturated heterocycles. The lowest BCUT2D eigenvalue weighted by molar-refractivity contribution is 0.562. The van der Waals surface area contributed by atoms with Crippen molar-refractivity contribution in [1.82, 2.24) is 0 Å². The van der Waals surface area contributed by atoms with Gasteiger partial charge in [0.1, 0.15) is 0 Å². The summed E-state index contributed by atoms with van der Waals surface area (Å²) in [6.45, 7) is 5.45. The van der Waals surface area contributed by atoms with Crippen LogP contribution >= 0.6 is 11.8 Å². The Balaban J connectivity index is 2.46. The zero-order chi connectivity index (χ0) is 9.03. The van der Waals surface area contributed by atoms with Crippen LogP contribution in [0.15, 0.2) is 0 Å². The van der Waals surface area contributed by atoms with Crippen LogP contribution in [0.4, 0.5) is 0 Å². The summed E-state index contributed by atoms with van der Waals surface area (Å²) in [5, 5.41) is 0.759. The molecule has 1 aliphatic carbocycles. The lowest BCUT2D eigenvalue weighted by atomic mass is 10.0. The molecule has 2 heteroatoms. The summed E-state index contributed by atoms with van der Waals surface area (Å²) in [4.78, 5) is 0. The van der Waals surface area contributed by atoms with E-state index < -0.39 is 0 Å². The van der Waals surface area contributed by atoms with E-state index in [1.165, 1.54) is 32.1 Å². The Morgan fingerprint density at radius 1 is 1.33 bits per heavy atom. The molecule has 1 rings (SSSR count). The average molecular weight is 187 g/mol. The number of hydrogen-bond donors (Lipinski definition) is 1. The van der Waals surface area contributed by atoms with Crippen LogP contribution in [0.25, 0.3) is 0 Å². The zero-order valence-corrected chi connectivity index (χ0v) is 9.12. The molecule has 0 aromatic rings. The highest BCUT2D eigenvalue weighted by Crippen LogP contribution is 2.45. The van der Waals surface area contributed by atoms with Gasteiger partial charge in [-0.2, -0.15) is 11.8 Å². The second-order valence-electron chi connectivity index (χ2n) is 4.10. The summed E-state index contributed by atoms with van der Waals surface area (Å²) >= 11 is 2.15. The van der Waals surface area contributed by atoms with E-state index in [1.807, 2.05) is 0 Å². The van der Waals surface area contributed by atoms with Crippen molar-refractivity contribution in [3.63, 3.8) is 0 Å². The second kappa shape index (κ2) is 4.52. The summed E-state index contributed by atoms with van der Waals surface area (Å²) in [5.41, 5.74) is 5.66. The molecule has 72 valence electrons. The van der Waals surface area contributed by atoms with Crippen molar-refractivity contribution in [1.29, 1.82) is 0 Å². The van der Waals surface area contributed by atoms with E-state index in [0.29, 0.717) is 4.75 Å². The smallest absolute Gasteiger partial charge is 0.0174 e. The lowest BCUT2D eigenvalue weighted by Crippen LogP contribution is -2.26. The van der Waals surface area contributed by atoms with Gasteiger partial charge in [0.25, 0.3) is 0 Å². The molecule has 0 atom stereocenters. The van der Waals surface area contributed by atoms with Crippen LogP contribution < -0.4 is 5.73 Å². The Morgan fingerprint density at radius 2 is 1.92 bits per heavy atom. The first-order chi connectivity index (χ1) is 5.68. The van der Waals surface area contributed by atoms with Gasteiger partial charge < -0.3 is 5.73 Å². The fourth-order valence-corrected chi connectivity index (χ4v) is 3.97. The van der Waals surface area contributed by atoms with Crippen LogP contribution in [0.5, 0.6) is 0 Å². The maximum Gasteiger partial charge on any atom is 0.0174 e. The van der Waals surface area contributed by atoms with Crippen molar-refractivity contribution in [3.8, 4) is 0 Å². The lowest BCUT2D eigenvalue weighted by Gasteiger charge is -2.29. The molecule has 0 heterocycles. The van der Waals surface area contributed by atoms with Crippen LogP contribution in [-0.2, 0) is 0 Å². The minimum Gasteiger partial charge on any atom is -0.330 e. The predicted molar refractivity (Wildman–Crippen MR) is 57.6 cm³/mol. The highest BCUT2D eigenvalue weighted by atomic mass is 32.2. The topological polar surface area (TPSA) is 26.0 Å². The van der Waals surface area contributed by atoms with Crippen molar-refractivity contribution in [2.75, 3.05) is 6.54 Å². The molecule has 1 fully saturated rings. The SMILES string of the molecule is CC(C)SC1(CCN)CCCC1. The zero-order valence-electron chi connectivity index (χ0n) is 8.31. The van der Waals surface area contributed by atoms with Crippen LogP contribution in [0.2, 0.25) is 0 Å². The molecule has 0 aromatic carbocycles. The van der Waals surface area contributed by atoms with Crippen molar-refractivity contribution in [2.24, 2.45) is 5.73 Å². The molecule has 0 amide bonds. The molecule has 2 N–H and O–H groups in total. The first kappa shape index (κ1) is 10.4. The third kappa shape index (κ3) is 2.67. The summed E-state index contributed by atoms with van der Waals surface area (Å²) in [6.07, 6.45) is 6.84. The number of hydrogen-bond acceptors (Lipinski definition) is 2. The van der Waals surface area contributed by atoms with E-state index >= 15 is 0 Å². The first-order valence-electron chi connectivity index (χ1n) is 5.06. The number of thioether (sulfide) groups is 1. The van der Waals surface area contributed by atoms with Gasteiger partial charge in [-0.25, -0.2) is 0 Å². The van der Waals surface area contributed by atoms with E-state index in [9.17, 15) is 0 Å². The van der Waals surface area contributed by atoms with Gasteiger partial charge in [-0.05, 0) is 31.1 Å². The summed E-state index contributed by atoms with van der Waals surface area (Å²) in [6, 6.07) is 0. The largest absolute Gasteiger partial charge is 0.330 e. The molecule has 1 saturated carbocycles. The second-order valence-corrected chi connectivity index (χ2v) is 6.14. The number of nitrogens with two attached hydrogens (primary N) is 1. The fraction of sp³-hybridized carbons (Fsp3) is 1.00. The van der Waals surface area contributed by atoms with Crippen LogP contribution in [0.1, 0.15) is 46.0 Å². The van der Waals surface area contributed by atoms with Gasteiger partial charge in [0.2, 0.25) is 0 Å². The summed E-state index contributed by atoms with van der Waals surface area (Å²) in [5.74, 6) is 0. The third-order valence-electron chi connectivity index (χ3n) is 2.60. The molecule has 1 nitrogen and oxygen atoms in total. The molecule has 1 aliphatic rings. The highest BCUT2D eigenvalue weighted by molar-refractivity contribution is 8.01. The monoisotopic (exact) mass is 187 g/mol. The molecule has 0 aromatic heterocycles.